The molecule has 0 saturated carbocycles. The molecule has 3 heteroatoms. The fourth-order valence-corrected chi connectivity index (χ4v) is 3.02. The van der Waals surface area contributed by atoms with Gasteiger partial charge in [0, 0.05) is 22.3 Å². The maximum absolute atomic E-state index is 3.60. The first-order valence-electron chi connectivity index (χ1n) is 7.17. The molecule has 0 saturated heterocycles. The van der Waals surface area contributed by atoms with Gasteiger partial charge in [0.1, 0.15) is 0 Å². The molecule has 1 atom stereocenters. The Morgan fingerprint density at radius 1 is 1.10 bits per heavy atom. The fourth-order valence-electron chi connectivity index (χ4n) is 2.06. The number of benzene rings is 1. The van der Waals surface area contributed by atoms with Crippen molar-refractivity contribution in [2.45, 2.75) is 25.9 Å². The van der Waals surface area contributed by atoms with Crippen molar-refractivity contribution in [1.29, 1.82) is 0 Å². The van der Waals surface area contributed by atoms with Gasteiger partial charge < -0.3 is 10.2 Å². The van der Waals surface area contributed by atoms with E-state index >= 15 is 0 Å². The highest BCUT2D eigenvalue weighted by Gasteiger charge is 2.05. The van der Waals surface area contributed by atoms with Gasteiger partial charge in [-0.2, -0.15) is 0 Å². The first-order chi connectivity index (χ1) is 9.65. The Balaban J connectivity index is 1.84. The molecule has 1 heterocycles. The standard InChI is InChI=1S/C17H24N2S/c1-14(11-12-19(2)3)18-13-16-9-10-17(20-16)15-7-5-4-6-8-15/h4-10,14,18H,11-13H2,1-3H3. The number of hydrogen-bond acceptors (Lipinski definition) is 3. The van der Waals surface area contributed by atoms with E-state index < -0.39 is 0 Å². The van der Waals surface area contributed by atoms with E-state index in [4.69, 9.17) is 0 Å². The summed E-state index contributed by atoms with van der Waals surface area (Å²) < 4.78 is 0. The van der Waals surface area contributed by atoms with Gasteiger partial charge in [0.25, 0.3) is 0 Å². The van der Waals surface area contributed by atoms with Crippen LogP contribution in [0.15, 0.2) is 42.5 Å². The Morgan fingerprint density at radius 2 is 1.85 bits per heavy atom. The lowest BCUT2D eigenvalue weighted by Crippen LogP contribution is -2.29. The summed E-state index contributed by atoms with van der Waals surface area (Å²) in [7, 11) is 4.25. The largest absolute Gasteiger partial charge is 0.309 e. The van der Waals surface area contributed by atoms with Gasteiger partial charge in [0.15, 0.2) is 0 Å². The van der Waals surface area contributed by atoms with E-state index in [1.54, 1.807) is 0 Å². The molecule has 0 aliphatic rings. The van der Waals surface area contributed by atoms with Crippen LogP contribution in [0.5, 0.6) is 0 Å². The number of hydrogen-bond donors (Lipinski definition) is 1. The van der Waals surface area contributed by atoms with Crippen molar-refractivity contribution in [2.75, 3.05) is 20.6 Å². The van der Waals surface area contributed by atoms with Gasteiger partial charge in [-0.25, -0.2) is 0 Å². The molecule has 0 spiro atoms. The number of nitrogens with zero attached hydrogens (tertiary/aromatic N) is 1. The van der Waals surface area contributed by atoms with Gasteiger partial charge in [0.2, 0.25) is 0 Å². The van der Waals surface area contributed by atoms with Crippen molar-refractivity contribution in [3.8, 4) is 10.4 Å². The Labute approximate surface area is 126 Å². The predicted octanol–water partition coefficient (Wildman–Crippen LogP) is 3.84. The van der Waals surface area contributed by atoms with Crippen LogP contribution in [0.25, 0.3) is 10.4 Å². The van der Waals surface area contributed by atoms with Crippen LogP contribution in [-0.2, 0) is 6.54 Å². The molecule has 0 radical (unpaired) electrons. The van der Waals surface area contributed by atoms with Crippen LogP contribution in [0, 0.1) is 0 Å². The van der Waals surface area contributed by atoms with E-state index in [1.165, 1.54) is 21.7 Å². The first kappa shape index (κ1) is 15.2. The SMILES string of the molecule is CC(CCN(C)C)NCc1ccc(-c2ccccc2)s1. The van der Waals surface area contributed by atoms with Crippen LogP contribution >= 0.6 is 11.3 Å². The summed E-state index contributed by atoms with van der Waals surface area (Å²) in [6.07, 6.45) is 1.18. The highest BCUT2D eigenvalue weighted by molar-refractivity contribution is 7.15. The first-order valence-corrected chi connectivity index (χ1v) is 7.99. The quantitative estimate of drug-likeness (QED) is 0.832. The summed E-state index contributed by atoms with van der Waals surface area (Å²) in [6, 6.07) is 15.6. The molecule has 1 aromatic carbocycles. The van der Waals surface area contributed by atoms with E-state index in [0.29, 0.717) is 6.04 Å². The maximum atomic E-state index is 3.60. The van der Waals surface area contributed by atoms with Crippen molar-refractivity contribution in [3.05, 3.63) is 47.3 Å². The van der Waals surface area contributed by atoms with Gasteiger partial charge in [-0.05, 0) is 51.7 Å². The molecule has 2 rings (SSSR count). The minimum absolute atomic E-state index is 0.555. The Hall–Kier alpha value is -1.16. The van der Waals surface area contributed by atoms with Gasteiger partial charge in [-0.1, -0.05) is 30.3 Å². The minimum atomic E-state index is 0.555. The second-order valence-electron chi connectivity index (χ2n) is 5.51. The second kappa shape index (κ2) is 7.58. The number of rotatable bonds is 7. The maximum Gasteiger partial charge on any atom is 0.0346 e. The lowest BCUT2D eigenvalue weighted by Gasteiger charge is -2.16. The van der Waals surface area contributed by atoms with E-state index in [9.17, 15) is 0 Å². The zero-order chi connectivity index (χ0) is 14.4. The molecule has 2 nitrogen and oxygen atoms in total. The molecule has 0 amide bonds. The summed E-state index contributed by atoms with van der Waals surface area (Å²) in [5, 5.41) is 3.60. The van der Waals surface area contributed by atoms with Crippen molar-refractivity contribution in [1.82, 2.24) is 10.2 Å². The topological polar surface area (TPSA) is 15.3 Å². The molecular weight excluding hydrogens is 264 g/mol. The molecule has 2 aromatic rings. The Kier molecular flexibility index (Phi) is 5.77. The lowest BCUT2D eigenvalue weighted by molar-refractivity contribution is 0.366. The summed E-state index contributed by atoms with van der Waals surface area (Å²) in [5.41, 5.74) is 1.31. The monoisotopic (exact) mass is 288 g/mol. The summed E-state index contributed by atoms with van der Waals surface area (Å²) >= 11 is 1.88. The Bertz CT molecular complexity index is 505. The summed E-state index contributed by atoms with van der Waals surface area (Å²) in [6.45, 7) is 4.36. The summed E-state index contributed by atoms with van der Waals surface area (Å²) in [5.74, 6) is 0. The molecule has 1 N–H and O–H groups in total. The third-order valence-corrected chi connectivity index (χ3v) is 4.49. The van der Waals surface area contributed by atoms with Gasteiger partial charge in [-0.15, -0.1) is 11.3 Å². The highest BCUT2D eigenvalue weighted by Crippen LogP contribution is 2.27. The molecule has 0 aliphatic heterocycles. The van der Waals surface area contributed by atoms with Crippen LogP contribution in [0.3, 0.4) is 0 Å². The van der Waals surface area contributed by atoms with E-state index in [1.807, 2.05) is 11.3 Å². The van der Waals surface area contributed by atoms with Crippen molar-refractivity contribution in [2.24, 2.45) is 0 Å². The zero-order valence-electron chi connectivity index (χ0n) is 12.6. The predicted molar refractivity (Wildman–Crippen MR) is 89.2 cm³/mol. The second-order valence-corrected chi connectivity index (χ2v) is 6.67. The molecule has 0 bridgehead atoms. The fraction of sp³-hybridized carbons (Fsp3) is 0.412. The molecule has 0 aliphatic carbocycles. The molecule has 20 heavy (non-hydrogen) atoms. The third-order valence-electron chi connectivity index (χ3n) is 3.35. The average molecular weight is 288 g/mol. The zero-order valence-corrected chi connectivity index (χ0v) is 13.4. The van der Waals surface area contributed by atoms with Crippen molar-refractivity contribution < 1.29 is 0 Å². The normalized spacial score (nSPS) is 12.8. The molecule has 1 aromatic heterocycles. The van der Waals surface area contributed by atoms with E-state index in [2.05, 4.69) is 73.7 Å². The van der Waals surface area contributed by atoms with Crippen LogP contribution in [-0.4, -0.2) is 31.6 Å². The van der Waals surface area contributed by atoms with Crippen LogP contribution in [0.2, 0.25) is 0 Å². The van der Waals surface area contributed by atoms with E-state index in [-0.39, 0.29) is 0 Å². The van der Waals surface area contributed by atoms with Crippen molar-refractivity contribution in [3.63, 3.8) is 0 Å². The lowest BCUT2D eigenvalue weighted by atomic mass is 10.2. The average Bonchev–Trinajstić information content (AvgIpc) is 2.93. The third kappa shape index (κ3) is 4.75. The number of thiophene rings is 1. The van der Waals surface area contributed by atoms with Crippen LogP contribution in [0.1, 0.15) is 18.2 Å². The molecule has 1 unspecified atom stereocenters. The van der Waals surface area contributed by atoms with Gasteiger partial charge >= 0.3 is 0 Å². The van der Waals surface area contributed by atoms with E-state index in [0.717, 1.165) is 13.1 Å². The molecular formula is C17H24N2S. The van der Waals surface area contributed by atoms with Crippen molar-refractivity contribution >= 4 is 11.3 Å². The van der Waals surface area contributed by atoms with Crippen LogP contribution < -0.4 is 5.32 Å². The van der Waals surface area contributed by atoms with Gasteiger partial charge in [-0.3, -0.25) is 0 Å². The molecule has 108 valence electrons. The van der Waals surface area contributed by atoms with Crippen LogP contribution in [0.4, 0.5) is 0 Å². The minimum Gasteiger partial charge on any atom is -0.309 e. The summed E-state index contributed by atoms with van der Waals surface area (Å²) in [4.78, 5) is 4.99. The number of nitrogens with one attached hydrogen (secondary N) is 1. The highest BCUT2D eigenvalue weighted by atomic mass is 32.1. The Morgan fingerprint density at radius 3 is 2.55 bits per heavy atom. The van der Waals surface area contributed by atoms with Gasteiger partial charge in [0.05, 0.1) is 0 Å². The smallest absolute Gasteiger partial charge is 0.0346 e. The molecule has 0 fully saturated rings.